The van der Waals surface area contributed by atoms with Gasteiger partial charge in [0.2, 0.25) is 0 Å². The molecule has 3 rings (SSSR count). The van der Waals surface area contributed by atoms with Gasteiger partial charge in [-0.15, -0.1) is 0 Å². The van der Waals surface area contributed by atoms with Crippen LogP contribution in [0.2, 0.25) is 15.1 Å². The van der Waals surface area contributed by atoms with Crippen molar-refractivity contribution in [2.75, 3.05) is 5.32 Å². The van der Waals surface area contributed by atoms with Gasteiger partial charge >= 0.3 is 0 Å². The van der Waals surface area contributed by atoms with E-state index in [1.807, 2.05) is 48.5 Å². The first kappa shape index (κ1) is 19.9. The number of rotatable bonds is 7. The fourth-order valence-electron chi connectivity index (χ4n) is 2.79. The number of hydrogen-bond donors (Lipinski definition) is 1. The molecule has 0 aliphatic heterocycles. The molecule has 0 aliphatic carbocycles. The minimum atomic E-state index is 0.373. The molecule has 140 valence electrons. The summed E-state index contributed by atoms with van der Waals surface area (Å²) in [5.74, 6) is 0.492. The second-order valence-corrected chi connectivity index (χ2v) is 7.42. The Morgan fingerprint density at radius 2 is 1.52 bits per heavy atom. The standard InChI is InChI=1S/C22H20Cl3NO/c1-2-17-5-3-4-6-21(17)26-13-16-11-19(24)22(20(25)12-16)27-14-15-7-9-18(23)10-8-15/h3-12,26H,2,13-14H2,1H3. The molecule has 1 N–H and O–H groups in total. The number of ether oxygens (including phenoxy) is 1. The minimum absolute atomic E-state index is 0.373. The van der Waals surface area contributed by atoms with Crippen LogP contribution in [-0.4, -0.2) is 0 Å². The zero-order valence-electron chi connectivity index (χ0n) is 14.9. The molecule has 0 spiro atoms. The quantitative estimate of drug-likeness (QED) is 0.430. The van der Waals surface area contributed by atoms with E-state index >= 15 is 0 Å². The minimum Gasteiger partial charge on any atom is -0.486 e. The number of hydrogen-bond acceptors (Lipinski definition) is 2. The predicted molar refractivity (Wildman–Crippen MR) is 115 cm³/mol. The van der Waals surface area contributed by atoms with Gasteiger partial charge in [0, 0.05) is 17.3 Å². The molecule has 0 radical (unpaired) electrons. The molecule has 3 aromatic rings. The van der Waals surface area contributed by atoms with Crippen LogP contribution in [0.4, 0.5) is 5.69 Å². The molecule has 0 saturated carbocycles. The van der Waals surface area contributed by atoms with Gasteiger partial charge in [-0.3, -0.25) is 0 Å². The Bertz CT molecular complexity index is 887. The average molecular weight is 421 g/mol. The molecular weight excluding hydrogens is 401 g/mol. The van der Waals surface area contributed by atoms with Crippen LogP contribution in [0.5, 0.6) is 5.75 Å². The van der Waals surface area contributed by atoms with Gasteiger partial charge in [0.1, 0.15) is 6.61 Å². The summed E-state index contributed by atoms with van der Waals surface area (Å²) in [5.41, 5.74) is 4.39. The van der Waals surface area contributed by atoms with Crippen LogP contribution in [0.15, 0.2) is 60.7 Å². The lowest BCUT2D eigenvalue weighted by Gasteiger charge is -2.14. The first-order chi connectivity index (χ1) is 13.1. The molecule has 0 amide bonds. The van der Waals surface area contributed by atoms with Crippen molar-refractivity contribution in [2.24, 2.45) is 0 Å². The fourth-order valence-corrected chi connectivity index (χ4v) is 3.55. The van der Waals surface area contributed by atoms with Crippen molar-refractivity contribution in [1.29, 1.82) is 0 Å². The topological polar surface area (TPSA) is 21.3 Å². The highest BCUT2D eigenvalue weighted by Gasteiger charge is 2.11. The maximum atomic E-state index is 6.41. The van der Waals surface area contributed by atoms with Crippen LogP contribution < -0.4 is 10.1 Å². The Morgan fingerprint density at radius 1 is 0.852 bits per heavy atom. The van der Waals surface area contributed by atoms with Gasteiger partial charge in [-0.1, -0.05) is 72.1 Å². The molecule has 0 atom stereocenters. The zero-order chi connectivity index (χ0) is 19.2. The van der Waals surface area contributed by atoms with E-state index in [1.54, 1.807) is 0 Å². The molecule has 3 aromatic carbocycles. The Labute approximate surface area is 175 Å². The van der Waals surface area contributed by atoms with E-state index in [2.05, 4.69) is 24.4 Å². The summed E-state index contributed by atoms with van der Waals surface area (Å²) in [7, 11) is 0. The summed E-state index contributed by atoms with van der Waals surface area (Å²) in [6, 6.07) is 19.5. The molecule has 0 fully saturated rings. The van der Waals surface area contributed by atoms with Gasteiger partial charge < -0.3 is 10.1 Å². The van der Waals surface area contributed by atoms with Gasteiger partial charge in [-0.05, 0) is 53.4 Å². The van der Waals surface area contributed by atoms with E-state index in [1.165, 1.54) is 5.56 Å². The summed E-state index contributed by atoms with van der Waals surface area (Å²) in [4.78, 5) is 0. The van der Waals surface area contributed by atoms with Gasteiger partial charge in [-0.25, -0.2) is 0 Å². The van der Waals surface area contributed by atoms with Crippen LogP contribution in [0.1, 0.15) is 23.6 Å². The third-order valence-corrected chi connectivity index (χ3v) is 5.05. The first-order valence-electron chi connectivity index (χ1n) is 8.73. The fraction of sp³-hybridized carbons (Fsp3) is 0.182. The van der Waals surface area contributed by atoms with Crippen LogP contribution in [0.25, 0.3) is 0 Å². The van der Waals surface area contributed by atoms with Crippen LogP contribution in [-0.2, 0) is 19.6 Å². The van der Waals surface area contributed by atoms with Crippen molar-refractivity contribution >= 4 is 40.5 Å². The number of halogens is 3. The molecule has 5 heteroatoms. The van der Waals surface area contributed by atoms with Crippen molar-refractivity contribution in [1.82, 2.24) is 0 Å². The summed E-state index contributed by atoms with van der Waals surface area (Å²) >= 11 is 18.7. The number of aryl methyl sites for hydroxylation is 1. The lowest BCUT2D eigenvalue weighted by molar-refractivity contribution is 0.306. The van der Waals surface area contributed by atoms with Crippen LogP contribution in [0.3, 0.4) is 0 Å². The van der Waals surface area contributed by atoms with Crippen molar-refractivity contribution in [3.8, 4) is 5.75 Å². The van der Waals surface area contributed by atoms with Gasteiger partial charge in [0.25, 0.3) is 0 Å². The monoisotopic (exact) mass is 419 g/mol. The predicted octanol–water partition coefficient (Wildman–Crippen LogP) is 7.40. The van der Waals surface area contributed by atoms with Crippen LogP contribution >= 0.6 is 34.8 Å². The smallest absolute Gasteiger partial charge is 0.156 e. The molecule has 0 unspecified atom stereocenters. The summed E-state index contributed by atoms with van der Waals surface area (Å²) in [6.45, 7) is 3.15. The highest BCUT2D eigenvalue weighted by Crippen LogP contribution is 2.35. The zero-order valence-corrected chi connectivity index (χ0v) is 17.2. The molecule has 2 nitrogen and oxygen atoms in total. The lowest BCUT2D eigenvalue weighted by Crippen LogP contribution is -2.03. The number of nitrogens with one attached hydrogen (secondary N) is 1. The Hall–Kier alpha value is -1.87. The molecule has 0 bridgehead atoms. The van der Waals surface area contributed by atoms with E-state index in [-0.39, 0.29) is 0 Å². The van der Waals surface area contributed by atoms with Crippen LogP contribution in [0, 0.1) is 0 Å². The third kappa shape index (κ3) is 5.32. The second kappa shape index (κ2) is 9.36. The Morgan fingerprint density at radius 3 is 2.19 bits per heavy atom. The Kier molecular flexibility index (Phi) is 6.89. The SMILES string of the molecule is CCc1ccccc1NCc1cc(Cl)c(OCc2ccc(Cl)cc2)c(Cl)c1. The number of benzene rings is 3. The molecule has 0 aromatic heterocycles. The average Bonchev–Trinajstić information content (AvgIpc) is 2.67. The van der Waals surface area contributed by atoms with E-state index in [0.29, 0.717) is 34.0 Å². The maximum absolute atomic E-state index is 6.41. The van der Waals surface area contributed by atoms with Crippen molar-refractivity contribution < 1.29 is 4.74 Å². The molecule has 27 heavy (non-hydrogen) atoms. The van der Waals surface area contributed by atoms with E-state index in [0.717, 1.165) is 23.2 Å². The first-order valence-corrected chi connectivity index (χ1v) is 9.87. The summed E-state index contributed by atoms with van der Waals surface area (Å²) in [5, 5.41) is 5.13. The lowest BCUT2D eigenvalue weighted by atomic mass is 10.1. The van der Waals surface area contributed by atoms with E-state index in [9.17, 15) is 0 Å². The van der Waals surface area contributed by atoms with Gasteiger partial charge in [-0.2, -0.15) is 0 Å². The number of anilines is 1. The van der Waals surface area contributed by atoms with E-state index in [4.69, 9.17) is 39.5 Å². The van der Waals surface area contributed by atoms with Gasteiger partial charge in [0.05, 0.1) is 10.0 Å². The molecule has 0 aliphatic rings. The number of para-hydroxylation sites is 1. The molecular formula is C22H20Cl3NO. The second-order valence-electron chi connectivity index (χ2n) is 6.17. The highest BCUT2D eigenvalue weighted by atomic mass is 35.5. The summed E-state index contributed by atoms with van der Waals surface area (Å²) < 4.78 is 5.82. The van der Waals surface area contributed by atoms with E-state index < -0.39 is 0 Å². The van der Waals surface area contributed by atoms with Crippen molar-refractivity contribution in [3.63, 3.8) is 0 Å². The molecule has 0 saturated heterocycles. The van der Waals surface area contributed by atoms with Crippen molar-refractivity contribution in [2.45, 2.75) is 26.5 Å². The Balaban J connectivity index is 1.68. The molecule has 0 heterocycles. The third-order valence-electron chi connectivity index (χ3n) is 4.24. The maximum Gasteiger partial charge on any atom is 0.156 e. The summed E-state index contributed by atoms with van der Waals surface area (Å²) in [6.07, 6.45) is 0.974. The van der Waals surface area contributed by atoms with Gasteiger partial charge in [0.15, 0.2) is 5.75 Å². The van der Waals surface area contributed by atoms with Crippen molar-refractivity contribution in [3.05, 3.63) is 92.4 Å². The highest BCUT2D eigenvalue weighted by molar-refractivity contribution is 6.37. The largest absolute Gasteiger partial charge is 0.486 e. The normalized spacial score (nSPS) is 10.7.